The Labute approximate surface area is 197 Å². The van der Waals surface area contributed by atoms with Crippen LogP contribution in [0.15, 0.2) is 24.3 Å². The largest absolute Gasteiger partial charge is 0.484 e. The highest BCUT2D eigenvalue weighted by Crippen LogP contribution is 2.40. The van der Waals surface area contributed by atoms with Gasteiger partial charge >= 0.3 is 0 Å². The lowest BCUT2D eigenvalue weighted by atomic mass is 9.97. The fraction of sp³-hybridized carbons (Fsp3) is 0.458. The summed E-state index contributed by atoms with van der Waals surface area (Å²) < 4.78 is 5.64. The van der Waals surface area contributed by atoms with Crippen LogP contribution in [0, 0.1) is 0 Å². The number of anilines is 1. The Morgan fingerprint density at radius 3 is 2.59 bits per heavy atom. The Morgan fingerprint density at radius 1 is 1.09 bits per heavy atom. The molecule has 0 saturated carbocycles. The van der Waals surface area contributed by atoms with Gasteiger partial charge in [-0.05, 0) is 55.5 Å². The number of piperazine rings is 1. The maximum absolute atomic E-state index is 12.7. The normalized spacial score (nSPS) is 16.3. The lowest BCUT2D eigenvalue weighted by Crippen LogP contribution is -2.50. The van der Waals surface area contributed by atoms with Crippen molar-refractivity contribution >= 4 is 44.9 Å². The van der Waals surface area contributed by atoms with E-state index in [-0.39, 0.29) is 12.5 Å². The van der Waals surface area contributed by atoms with E-state index >= 15 is 0 Å². The van der Waals surface area contributed by atoms with Crippen LogP contribution in [-0.2, 0) is 24.1 Å². The SMILES string of the molecule is CCc1nc(N2CCN(C(=O)COc3ccc(Cl)cc3)CC2)c2c3c(sc2n1)CCCC3. The van der Waals surface area contributed by atoms with E-state index in [1.165, 1.54) is 28.7 Å². The number of carbonyl (C=O) groups is 1. The lowest BCUT2D eigenvalue weighted by Gasteiger charge is -2.36. The minimum Gasteiger partial charge on any atom is -0.484 e. The van der Waals surface area contributed by atoms with Crippen LogP contribution in [0.5, 0.6) is 5.75 Å². The summed E-state index contributed by atoms with van der Waals surface area (Å²) in [6, 6.07) is 7.08. The third-order valence-corrected chi connectivity index (χ3v) is 7.70. The summed E-state index contributed by atoms with van der Waals surface area (Å²) in [5.41, 5.74) is 1.46. The molecule has 6 nitrogen and oxygen atoms in total. The monoisotopic (exact) mass is 470 g/mol. The molecular weight excluding hydrogens is 444 g/mol. The van der Waals surface area contributed by atoms with E-state index in [4.69, 9.17) is 26.3 Å². The molecule has 1 aromatic carbocycles. The first kappa shape index (κ1) is 21.5. The van der Waals surface area contributed by atoms with E-state index in [1.54, 1.807) is 24.3 Å². The third kappa shape index (κ3) is 4.28. The molecule has 2 aromatic heterocycles. The minimum atomic E-state index is 0.00888. The topological polar surface area (TPSA) is 58.6 Å². The van der Waals surface area contributed by atoms with Crippen LogP contribution in [0.1, 0.15) is 36.0 Å². The number of aryl methyl sites for hydroxylation is 3. The lowest BCUT2D eigenvalue weighted by molar-refractivity contribution is -0.133. The van der Waals surface area contributed by atoms with Crippen molar-refractivity contribution in [3.05, 3.63) is 45.6 Å². The summed E-state index contributed by atoms with van der Waals surface area (Å²) in [6.07, 6.45) is 5.61. The van der Waals surface area contributed by atoms with Gasteiger partial charge in [-0.3, -0.25) is 4.79 Å². The number of fused-ring (bicyclic) bond motifs is 3. The number of carbonyl (C=O) groups excluding carboxylic acids is 1. The average Bonchev–Trinajstić information content (AvgIpc) is 3.21. The van der Waals surface area contributed by atoms with Crippen LogP contribution < -0.4 is 9.64 Å². The Hall–Kier alpha value is -2.38. The molecule has 8 heteroatoms. The van der Waals surface area contributed by atoms with Crippen LogP contribution in [0.3, 0.4) is 0 Å². The van der Waals surface area contributed by atoms with Crippen LogP contribution in [0.2, 0.25) is 5.02 Å². The van der Waals surface area contributed by atoms with Gasteiger partial charge in [-0.25, -0.2) is 9.97 Å². The molecule has 0 spiro atoms. The van der Waals surface area contributed by atoms with Crippen molar-refractivity contribution in [2.75, 3.05) is 37.7 Å². The number of aromatic nitrogens is 2. The van der Waals surface area contributed by atoms with Gasteiger partial charge in [0.05, 0.1) is 5.39 Å². The molecule has 1 fully saturated rings. The Bertz CT molecular complexity index is 1120. The molecule has 1 aliphatic carbocycles. The van der Waals surface area contributed by atoms with Crippen LogP contribution in [0.25, 0.3) is 10.2 Å². The first-order valence-corrected chi connectivity index (χ1v) is 12.5. The summed E-state index contributed by atoms with van der Waals surface area (Å²) in [6.45, 7) is 5.02. The number of nitrogens with zero attached hydrogens (tertiary/aromatic N) is 4. The molecule has 5 rings (SSSR count). The number of benzene rings is 1. The van der Waals surface area contributed by atoms with Gasteiger partial charge in [-0.2, -0.15) is 0 Å². The molecule has 168 valence electrons. The van der Waals surface area contributed by atoms with Crippen molar-refractivity contribution in [2.24, 2.45) is 0 Å². The van der Waals surface area contributed by atoms with Gasteiger partial charge in [0.2, 0.25) is 0 Å². The first-order valence-electron chi connectivity index (χ1n) is 11.3. The van der Waals surface area contributed by atoms with Gasteiger partial charge in [-0.15, -0.1) is 11.3 Å². The molecule has 1 aliphatic heterocycles. The molecule has 0 radical (unpaired) electrons. The Kier molecular flexibility index (Phi) is 6.20. The maximum Gasteiger partial charge on any atom is 0.260 e. The van der Waals surface area contributed by atoms with Crippen molar-refractivity contribution < 1.29 is 9.53 Å². The quantitative estimate of drug-likeness (QED) is 0.549. The highest BCUT2D eigenvalue weighted by molar-refractivity contribution is 7.19. The standard InChI is InChI=1S/C24H27ClN4O2S/c1-2-20-26-23(22-18-5-3-4-6-19(18)32-24(22)27-20)29-13-11-28(12-14-29)21(30)15-31-17-9-7-16(25)8-10-17/h7-10H,2-6,11-15H2,1H3. The minimum absolute atomic E-state index is 0.00888. The molecule has 32 heavy (non-hydrogen) atoms. The number of amides is 1. The second kappa shape index (κ2) is 9.24. The Morgan fingerprint density at radius 2 is 1.84 bits per heavy atom. The van der Waals surface area contributed by atoms with E-state index in [0.717, 1.165) is 48.8 Å². The third-order valence-electron chi connectivity index (χ3n) is 6.27. The second-order valence-corrected chi connectivity index (χ2v) is 9.84. The number of hydrogen-bond donors (Lipinski definition) is 0. The van der Waals surface area contributed by atoms with Crippen LogP contribution in [-0.4, -0.2) is 53.6 Å². The van der Waals surface area contributed by atoms with Crippen molar-refractivity contribution in [3.63, 3.8) is 0 Å². The van der Waals surface area contributed by atoms with Gasteiger partial charge in [0.25, 0.3) is 5.91 Å². The molecule has 0 N–H and O–H groups in total. The van der Waals surface area contributed by atoms with E-state index in [1.807, 2.05) is 16.2 Å². The van der Waals surface area contributed by atoms with Gasteiger partial charge < -0.3 is 14.5 Å². The number of thiophene rings is 1. The number of ether oxygens (including phenoxy) is 1. The number of hydrogen-bond acceptors (Lipinski definition) is 6. The van der Waals surface area contributed by atoms with E-state index in [2.05, 4.69) is 11.8 Å². The predicted molar refractivity (Wildman–Crippen MR) is 129 cm³/mol. The van der Waals surface area contributed by atoms with Gasteiger partial charge in [-0.1, -0.05) is 18.5 Å². The second-order valence-electron chi connectivity index (χ2n) is 8.32. The molecular formula is C24H27ClN4O2S. The first-order chi connectivity index (χ1) is 15.6. The van der Waals surface area contributed by atoms with Gasteiger partial charge in [0, 0.05) is 42.5 Å². The fourth-order valence-electron chi connectivity index (χ4n) is 4.50. The summed E-state index contributed by atoms with van der Waals surface area (Å²) in [4.78, 5) is 29.3. The zero-order valence-electron chi connectivity index (χ0n) is 18.3. The highest BCUT2D eigenvalue weighted by atomic mass is 35.5. The molecule has 3 heterocycles. The van der Waals surface area contributed by atoms with Gasteiger partial charge in [0.1, 0.15) is 22.2 Å². The van der Waals surface area contributed by atoms with Crippen LogP contribution >= 0.6 is 22.9 Å². The molecule has 0 unspecified atom stereocenters. The number of rotatable bonds is 5. The molecule has 0 bridgehead atoms. The van der Waals surface area contributed by atoms with Crippen molar-refractivity contribution in [2.45, 2.75) is 39.0 Å². The summed E-state index contributed by atoms with van der Waals surface area (Å²) in [5, 5.41) is 1.91. The summed E-state index contributed by atoms with van der Waals surface area (Å²) >= 11 is 7.75. The van der Waals surface area contributed by atoms with Crippen molar-refractivity contribution in [1.82, 2.24) is 14.9 Å². The van der Waals surface area contributed by atoms with E-state index in [0.29, 0.717) is 23.9 Å². The van der Waals surface area contributed by atoms with E-state index < -0.39 is 0 Å². The summed E-state index contributed by atoms with van der Waals surface area (Å²) in [5.74, 6) is 2.63. The molecule has 1 saturated heterocycles. The average molecular weight is 471 g/mol. The smallest absolute Gasteiger partial charge is 0.260 e. The molecule has 2 aliphatic rings. The fourth-order valence-corrected chi connectivity index (χ4v) is 5.90. The molecule has 3 aromatic rings. The van der Waals surface area contributed by atoms with Gasteiger partial charge in [0.15, 0.2) is 6.61 Å². The maximum atomic E-state index is 12.7. The highest BCUT2D eigenvalue weighted by Gasteiger charge is 2.27. The van der Waals surface area contributed by atoms with Crippen molar-refractivity contribution in [1.29, 1.82) is 0 Å². The van der Waals surface area contributed by atoms with Crippen LogP contribution in [0.4, 0.5) is 5.82 Å². The van der Waals surface area contributed by atoms with Crippen molar-refractivity contribution in [3.8, 4) is 5.75 Å². The Balaban J connectivity index is 1.29. The molecule has 0 atom stereocenters. The predicted octanol–water partition coefficient (Wildman–Crippen LogP) is 4.51. The van der Waals surface area contributed by atoms with E-state index in [9.17, 15) is 4.79 Å². The zero-order chi connectivity index (χ0) is 22.1. The zero-order valence-corrected chi connectivity index (χ0v) is 19.8. The summed E-state index contributed by atoms with van der Waals surface area (Å²) in [7, 11) is 0. The number of halogens is 1. The molecule has 1 amide bonds.